The normalized spacial score (nSPS) is 12.3. The van der Waals surface area contributed by atoms with E-state index in [2.05, 4.69) is 47.3 Å². The molecule has 0 aliphatic rings. The average molecular weight is 460 g/mol. The quantitative estimate of drug-likeness (QED) is 0.464. The minimum absolute atomic E-state index is 0.106. The first-order chi connectivity index (χ1) is 14.7. The molecule has 2 heterocycles. The maximum atomic E-state index is 12.7. The molecule has 0 aliphatic heterocycles. The van der Waals surface area contributed by atoms with Crippen LogP contribution < -0.4 is 10.1 Å². The predicted octanol–water partition coefficient (Wildman–Crippen LogP) is 5.25. The van der Waals surface area contributed by atoms with Gasteiger partial charge in [-0.15, -0.1) is 21.5 Å². The van der Waals surface area contributed by atoms with Crippen LogP contribution in [0.4, 0.5) is 5.13 Å². The van der Waals surface area contributed by atoms with Gasteiger partial charge in [-0.1, -0.05) is 29.5 Å². The summed E-state index contributed by atoms with van der Waals surface area (Å²) >= 11 is 2.87. The number of anilines is 1. The third-order valence-corrected chi connectivity index (χ3v) is 6.89. The van der Waals surface area contributed by atoms with Crippen LogP contribution >= 0.6 is 23.1 Å². The van der Waals surface area contributed by atoms with Crippen LogP contribution in [0, 0.1) is 27.7 Å². The third-order valence-electron chi connectivity index (χ3n) is 4.85. The van der Waals surface area contributed by atoms with Crippen LogP contribution in [0.25, 0.3) is 0 Å². The molecule has 9 heteroatoms. The van der Waals surface area contributed by atoms with Gasteiger partial charge in [-0.05, 0) is 60.1 Å². The second kappa shape index (κ2) is 9.82. The Morgan fingerprint density at radius 1 is 1.19 bits per heavy atom. The molecule has 31 heavy (non-hydrogen) atoms. The highest BCUT2D eigenvalue weighted by atomic mass is 32.2. The number of carbonyl (C=O) groups is 1. The number of benzene rings is 1. The largest absolute Gasteiger partial charge is 0.485 e. The van der Waals surface area contributed by atoms with Gasteiger partial charge in [0, 0.05) is 10.9 Å². The van der Waals surface area contributed by atoms with Gasteiger partial charge in [-0.3, -0.25) is 4.79 Å². The number of nitrogens with one attached hydrogen (secondary N) is 1. The number of thioether (sulfide) groups is 1. The first-order valence-corrected chi connectivity index (χ1v) is 11.9. The fourth-order valence-corrected chi connectivity index (χ4v) is 4.87. The number of carbonyl (C=O) groups excluding carboxylic acids is 1. The lowest BCUT2D eigenvalue weighted by atomic mass is 10.1. The van der Waals surface area contributed by atoms with Gasteiger partial charge in [0.15, 0.2) is 16.1 Å². The van der Waals surface area contributed by atoms with E-state index in [0.29, 0.717) is 16.9 Å². The molecule has 7 nitrogen and oxygen atoms in total. The van der Waals surface area contributed by atoms with Crippen molar-refractivity contribution in [3.63, 3.8) is 0 Å². The van der Waals surface area contributed by atoms with Gasteiger partial charge in [-0.25, -0.2) is 4.98 Å². The molecule has 1 N–H and O–H groups in total. The van der Waals surface area contributed by atoms with E-state index in [0.717, 1.165) is 27.7 Å². The summed E-state index contributed by atoms with van der Waals surface area (Å²) in [5.74, 6) is 1.46. The lowest BCUT2D eigenvalue weighted by molar-refractivity contribution is -0.115. The molecule has 0 fully saturated rings. The van der Waals surface area contributed by atoms with Gasteiger partial charge >= 0.3 is 0 Å². The Kier molecular flexibility index (Phi) is 7.38. The first kappa shape index (κ1) is 23.3. The van der Waals surface area contributed by atoms with Crippen molar-refractivity contribution in [3.8, 4) is 5.75 Å². The lowest BCUT2D eigenvalue weighted by Crippen LogP contribution is -2.23. The Balaban J connectivity index is 1.69. The second-order valence-electron chi connectivity index (χ2n) is 7.83. The number of aryl methyl sites for hydroxylation is 4. The number of aromatic nitrogens is 4. The summed E-state index contributed by atoms with van der Waals surface area (Å²) in [5.41, 5.74) is 3.22. The summed E-state index contributed by atoms with van der Waals surface area (Å²) in [6.07, 6.45) is 0. The van der Waals surface area contributed by atoms with Crippen LogP contribution in [0.3, 0.4) is 0 Å². The smallest absolute Gasteiger partial charge is 0.239 e. The van der Waals surface area contributed by atoms with Crippen LogP contribution in [-0.2, 0) is 11.4 Å². The summed E-state index contributed by atoms with van der Waals surface area (Å²) in [7, 11) is 0. The molecule has 3 aromatic rings. The predicted molar refractivity (Wildman–Crippen MR) is 126 cm³/mol. The van der Waals surface area contributed by atoms with Crippen molar-refractivity contribution in [2.45, 2.75) is 71.5 Å². The molecular formula is C22H29N5O2S2. The van der Waals surface area contributed by atoms with Gasteiger partial charge < -0.3 is 14.6 Å². The summed E-state index contributed by atoms with van der Waals surface area (Å²) in [4.78, 5) is 18.1. The summed E-state index contributed by atoms with van der Waals surface area (Å²) in [5, 5.41) is 12.5. The molecular weight excluding hydrogens is 430 g/mol. The Morgan fingerprint density at radius 3 is 2.55 bits per heavy atom. The van der Waals surface area contributed by atoms with Crippen molar-refractivity contribution in [2.75, 3.05) is 5.32 Å². The number of ether oxygens (including phenoxy) is 1. The molecule has 1 unspecified atom stereocenters. The van der Waals surface area contributed by atoms with E-state index >= 15 is 0 Å². The molecule has 0 saturated heterocycles. The minimum atomic E-state index is -0.348. The average Bonchev–Trinajstić information content (AvgIpc) is 3.23. The number of hydrogen-bond acceptors (Lipinski definition) is 7. The fourth-order valence-electron chi connectivity index (χ4n) is 3.05. The van der Waals surface area contributed by atoms with Gasteiger partial charge in [0.2, 0.25) is 5.91 Å². The highest BCUT2D eigenvalue weighted by molar-refractivity contribution is 8.00. The Labute approximate surface area is 191 Å². The zero-order chi connectivity index (χ0) is 22.7. The molecule has 2 aromatic heterocycles. The van der Waals surface area contributed by atoms with E-state index in [-0.39, 0.29) is 17.2 Å². The maximum Gasteiger partial charge on any atom is 0.239 e. The molecule has 0 aliphatic carbocycles. The maximum absolute atomic E-state index is 12.7. The number of hydrogen-bond donors (Lipinski definition) is 1. The zero-order valence-electron chi connectivity index (χ0n) is 19.0. The van der Waals surface area contributed by atoms with Crippen molar-refractivity contribution in [1.29, 1.82) is 0 Å². The number of amides is 1. The standard InChI is InChI=1S/C22H29N5O2S2/c1-12(2)27-19(11-29-18-9-8-13(3)10-14(18)4)25-26-22(27)31-17(7)20(28)24-21-23-15(5)16(6)30-21/h8-10,12,17H,11H2,1-7H3,(H,23,24,28). The van der Waals surface area contributed by atoms with Crippen LogP contribution in [0.5, 0.6) is 5.75 Å². The summed E-state index contributed by atoms with van der Waals surface area (Å²) < 4.78 is 8.03. The van der Waals surface area contributed by atoms with E-state index in [4.69, 9.17) is 4.74 Å². The molecule has 0 radical (unpaired) electrons. The van der Waals surface area contributed by atoms with Crippen LogP contribution in [0.15, 0.2) is 23.4 Å². The van der Waals surface area contributed by atoms with E-state index in [1.807, 2.05) is 44.4 Å². The molecule has 0 spiro atoms. The van der Waals surface area contributed by atoms with Crippen LogP contribution in [0.1, 0.15) is 54.3 Å². The molecule has 1 amide bonds. The fraction of sp³-hybridized carbons (Fsp3) is 0.455. The summed E-state index contributed by atoms with van der Waals surface area (Å²) in [6.45, 7) is 14.3. The summed E-state index contributed by atoms with van der Waals surface area (Å²) in [6, 6.07) is 6.23. The van der Waals surface area contributed by atoms with Crippen molar-refractivity contribution < 1.29 is 9.53 Å². The third kappa shape index (κ3) is 5.65. The second-order valence-corrected chi connectivity index (χ2v) is 10.3. The van der Waals surface area contributed by atoms with Crippen LogP contribution in [-0.4, -0.2) is 30.9 Å². The van der Waals surface area contributed by atoms with Crippen LogP contribution in [0.2, 0.25) is 0 Å². The number of thiazole rings is 1. The minimum Gasteiger partial charge on any atom is -0.485 e. The van der Waals surface area contributed by atoms with Crippen molar-refractivity contribution >= 4 is 34.1 Å². The Morgan fingerprint density at radius 2 is 1.94 bits per heavy atom. The highest BCUT2D eigenvalue weighted by Crippen LogP contribution is 2.28. The molecule has 0 bridgehead atoms. The van der Waals surface area contributed by atoms with Crippen molar-refractivity contribution in [1.82, 2.24) is 19.7 Å². The monoisotopic (exact) mass is 459 g/mol. The number of nitrogens with zero attached hydrogens (tertiary/aromatic N) is 4. The Hall–Kier alpha value is -2.39. The van der Waals surface area contributed by atoms with Gasteiger partial charge in [0.05, 0.1) is 10.9 Å². The lowest BCUT2D eigenvalue weighted by Gasteiger charge is -2.16. The van der Waals surface area contributed by atoms with Crippen molar-refractivity contribution in [3.05, 3.63) is 45.7 Å². The molecule has 3 rings (SSSR count). The highest BCUT2D eigenvalue weighted by Gasteiger charge is 2.22. The van der Waals surface area contributed by atoms with Gasteiger partial charge in [0.1, 0.15) is 12.4 Å². The molecule has 166 valence electrons. The van der Waals surface area contributed by atoms with E-state index in [1.165, 1.54) is 28.7 Å². The Bertz CT molecular complexity index is 1050. The topological polar surface area (TPSA) is 81.9 Å². The van der Waals surface area contributed by atoms with E-state index < -0.39 is 0 Å². The van der Waals surface area contributed by atoms with Gasteiger partial charge in [-0.2, -0.15) is 0 Å². The zero-order valence-corrected chi connectivity index (χ0v) is 20.6. The van der Waals surface area contributed by atoms with Gasteiger partial charge in [0.25, 0.3) is 0 Å². The van der Waals surface area contributed by atoms with Crippen molar-refractivity contribution in [2.24, 2.45) is 0 Å². The SMILES string of the molecule is Cc1ccc(OCc2nnc(SC(C)C(=O)Nc3nc(C)c(C)s3)n2C(C)C)c(C)c1. The molecule has 1 atom stereocenters. The van der Waals surface area contributed by atoms with E-state index in [1.54, 1.807) is 0 Å². The number of rotatable bonds is 8. The van der Waals surface area contributed by atoms with E-state index in [9.17, 15) is 4.79 Å². The molecule has 0 saturated carbocycles. The molecule has 1 aromatic carbocycles. The first-order valence-electron chi connectivity index (χ1n) is 10.2.